The fourth-order valence-corrected chi connectivity index (χ4v) is 2.25. The average molecular weight is 287 g/mol. The molecule has 0 saturated heterocycles. The highest BCUT2D eigenvalue weighted by Gasteiger charge is 2.12. The second-order valence-electron chi connectivity index (χ2n) is 5.69. The summed E-state index contributed by atoms with van der Waals surface area (Å²) in [6, 6.07) is 0. The van der Waals surface area contributed by atoms with E-state index in [4.69, 9.17) is 5.11 Å². The lowest BCUT2D eigenvalue weighted by Gasteiger charge is -2.19. The molecule has 0 aliphatic carbocycles. The zero-order valence-corrected chi connectivity index (χ0v) is 13.3. The van der Waals surface area contributed by atoms with E-state index in [9.17, 15) is 9.90 Å². The Morgan fingerprint density at radius 1 is 1.00 bits per heavy atom. The van der Waals surface area contributed by atoms with Crippen LogP contribution in [-0.2, 0) is 4.79 Å². The number of rotatable bonds is 13. The maximum atomic E-state index is 11.7. The van der Waals surface area contributed by atoms with Crippen LogP contribution in [0.25, 0.3) is 0 Å². The van der Waals surface area contributed by atoms with Crippen LogP contribution in [0.2, 0.25) is 0 Å². The monoisotopic (exact) mass is 287 g/mol. The fraction of sp³-hybridized carbons (Fsp3) is 0.938. The van der Waals surface area contributed by atoms with Gasteiger partial charge in [0.1, 0.15) is 0 Å². The number of aliphatic hydroxyl groups excluding tert-OH is 2. The van der Waals surface area contributed by atoms with Gasteiger partial charge in [0.2, 0.25) is 5.91 Å². The smallest absolute Gasteiger partial charge is 0.222 e. The summed E-state index contributed by atoms with van der Waals surface area (Å²) >= 11 is 0. The van der Waals surface area contributed by atoms with E-state index >= 15 is 0 Å². The van der Waals surface area contributed by atoms with Crippen molar-refractivity contribution in [3.63, 3.8) is 0 Å². The van der Waals surface area contributed by atoms with Gasteiger partial charge in [-0.15, -0.1) is 0 Å². The highest BCUT2D eigenvalue weighted by atomic mass is 16.3. The number of aliphatic hydroxyl groups is 2. The molecule has 1 atom stereocenters. The summed E-state index contributed by atoms with van der Waals surface area (Å²) in [5.41, 5.74) is 0. The van der Waals surface area contributed by atoms with Gasteiger partial charge < -0.3 is 15.1 Å². The first-order valence-electron chi connectivity index (χ1n) is 8.14. The van der Waals surface area contributed by atoms with Crippen LogP contribution in [0.4, 0.5) is 0 Å². The Morgan fingerprint density at radius 2 is 1.50 bits per heavy atom. The Hall–Kier alpha value is -0.610. The Balaban J connectivity index is 3.39. The molecule has 0 aliphatic heterocycles. The number of unbranched alkanes of at least 4 members (excludes halogenated alkanes) is 8. The van der Waals surface area contributed by atoms with Crippen LogP contribution in [0.15, 0.2) is 0 Å². The summed E-state index contributed by atoms with van der Waals surface area (Å²) in [5, 5.41) is 18.0. The number of carbonyl (C=O) groups excluding carboxylic acids is 1. The Bertz CT molecular complexity index is 234. The molecule has 4 nitrogen and oxygen atoms in total. The van der Waals surface area contributed by atoms with E-state index in [0.29, 0.717) is 6.42 Å². The lowest BCUT2D eigenvalue weighted by Crippen LogP contribution is -2.35. The average Bonchev–Trinajstić information content (AvgIpc) is 2.45. The molecule has 0 bridgehead atoms. The quantitative estimate of drug-likeness (QED) is 0.512. The van der Waals surface area contributed by atoms with Crippen LogP contribution in [0, 0.1) is 0 Å². The number of likely N-dealkylation sites (N-methyl/N-ethyl adjacent to an activating group) is 1. The van der Waals surface area contributed by atoms with E-state index in [0.717, 1.165) is 12.8 Å². The second kappa shape index (κ2) is 13.4. The maximum absolute atomic E-state index is 11.7. The largest absolute Gasteiger partial charge is 0.394 e. The first-order chi connectivity index (χ1) is 9.61. The molecule has 0 fully saturated rings. The predicted octanol–water partition coefficient (Wildman–Crippen LogP) is 2.72. The van der Waals surface area contributed by atoms with Gasteiger partial charge in [0.15, 0.2) is 0 Å². The summed E-state index contributed by atoms with van der Waals surface area (Å²) in [6.07, 6.45) is 10.9. The van der Waals surface area contributed by atoms with Gasteiger partial charge in [-0.25, -0.2) is 0 Å². The highest BCUT2D eigenvalue weighted by molar-refractivity contribution is 5.75. The number of amides is 1. The van der Waals surface area contributed by atoms with E-state index in [-0.39, 0.29) is 19.1 Å². The standard InChI is InChI=1S/C16H33NO3/c1-3-4-5-6-7-8-9-10-11-12-16(20)17(2)13-15(19)14-18/h15,18-19H,3-14H2,1-2H3/t15-/m1/s1. The van der Waals surface area contributed by atoms with Gasteiger partial charge in [-0.1, -0.05) is 58.3 Å². The minimum atomic E-state index is -0.827. The molecule has 0 aliphatic rings. The van der Waals surface area contributed by atoms with Crippen molar-refractivity contribution in [2.45, 2.75) is 77.2 Å². The van der Waals surface area contributed by atoms with Gasteiger partial charge in [-0.05, 0) is 6.42 Å². The van der Waals surface area contributed by atoms with Crippen LogP contribution in [0.3, 0.4) is 0 Å². The summed E-state index contributed by atoms with van der Waals surface area (Å²) < 4.78 is 0. The third-order valence-corrected chi connectivity index (χ3v) is 3.62. The topological polar surface area (TPSA) is 60.8 Å². The molecule has 0 heterocycles. The predicted molar refractivity (Wildman–Crippen MR) is 82.6 cm³/mol. The SMILES string of the molecule is CCCCCCCCCCCC(=O)N(C)C[C@@H](O)CO. The van der Waals surface area contributed by atoms with E-state index in [1.54, 1.807) is 7.05 Å². The van der Waals surface area contributed by atoms with Gasteiger partial charge in [0.25, 0.3) is 0 Å². The number of hydrogen-bond acceptors (Lipinski definition) is 3. The molecule has 0 saturated carbocycles. The molecule has 20 heavy (non-hydrogen) atoms. The summed E-state index contributed by atoms with van der Waals surface area (Å²) in [5.74, 6) is 0.0560. The number of nitrogens with zero attached hydrogens (tertiary/aromatic N) is 1. The van der Waals surface area contributed by atoms with Crippen molar-refractivity contribution in [1.29, 1.82) is 0 Å². The maximum Gasteiger partial charge on any atom is 0.222 e. The first kappa shape index (κ1) is 19.4. The minimum absolute atomic E-state index is 0.0560. The second-order valence-corrected chi connectivity index (χ2v) is 5.69. The molecule has 0 aromatic heterocycles. The van der Waals surface area contributed by atoms with Crippen molar-refractivity contribution in [3.8, 4) is 0 Å². The molecule has 0 spiro atoms. The van der Waals surface area contributed by atoms with Crippen LogP contribution in [0.1, 0.15) is 71.1 Å². The van der Waals surface area contributed by atoms with Gasteiger partial charge in [-0.3, -0.25) is 4.79 Å². The minimum Gasteiger partial charge on any atom is -0.394 e. The fourth-order valence-electron chi connectivity index (χ4n) is 2.25. The van der Waals surface area contributed by atoms with Crippen molar-refractivity contribution in [1.82, 2.24) is 4.90 Å². The summed E-state index contributed by atoms with van der Waals surface area (Å²) in [4.78, 5) is 13.2. The molecule has 0 unspecified atom stereocenters. The zero-order chi connectivity index (χ0) is 15.2. The van der Waals surface area contributed by atoms with Crippen molar-refractivity contribution >= 4 is 5.91 Å². The van der Waals surface area contributed by atoms with Crippen LogP contribution >= 0.6 is 0 Å². The van der Waals surface area contributed by atoms with Crippen LogP contribution in [0.5, 0.6) is 0 Å². The number of carbonyl (C=O) groups is 1. The van der Waals surface area contributed by atoms with Gasteiger partial charge in [0.05, 0.1) is 12.7 Å². The third kappa shape index (κ3) is 11.2. The first-order valence-corrected chi connectivity index (χ1v) is 8.14. The van der Waals surface area contributed by atoms with E-state index < -0.39 is 6.10 Å². The Kier molecular flexibility index (Phi) is 13.0. The summed E-state index contributed by atoms with van der Waals surface area (Å²) in [7, 11) is 1.68. The molecule has 2 N–H and O–H groups in total. The van der Waals surface area contributed by atoms with Crippen molar-refractivity contribution in [2.24, 2.45) is 0 Å². The third-order valence-electron chi connectivity index (χ3n) is 3.62. The zero-order valence-electron chi connectivity index (χ0n) is 13.3. The molecular weight excluding hydrogens is 254 g/mol. The molecular formula is C16H33NO3. The lowest BCUT2D eigenvalue weighted by atomic mass is 10.1. The normalized spacial score (nSPS) is 12.4. The lowest BCUT2D eigenvalue weighted by molar-refractivity contribution is -0.131. The number of hydrogen-bond donors (Lipinski definition) is 2. The molecule has 120 valence electrons. The molecule has 4 heteroatoms. The van der Waals surface area contributed by atoms with Gasteiger partial charge in [0, 0.05) is 20.0 Å². The highest BCUT2D eigenvalue weighted by Crippen LogP contribution is 2.11. The van der Waals surface area contributed by atoms with E-state index in [1.807, 2.05) is 0 Å². The van der Waals surface area contributed by atoms with E-state index in [2.05, 4.69) is 6.92 Å². The Labute approximate surface area is 124 Å². The van der Waals surface area contributed by atoms with Crippen molar-refractivity contribution in [2.75, 3.05) is 20.2 Å². The van der Waals surface area contributed by atoms with Crippen LogP contribution < -0.4 is 0 Å². The molecule has 1 amide bonds. The van der Waals surface area contributed by atoms with Gasteiger partial charge in [-0.2, -0.15) is 0 Å². The van der Waals surface area contributed by atoms with E-state index in [1.165, 1.54) is 49.8 Å². The van der Waals surface area contributed by atoms with Crippen LogP contribution in [-0.4, -0.2) is 47.3 Å². The van der Waals surface area contributed by atoms with Gasteiger partial charge >= 0.3 is 0 Å². The molecule has 0 radical (unpaired) electrons. The molecule has 0 rings (SSSR count). The Morgan fingerprint density at radius 3 is 2.00 bits per heavy atom. The molecule has 0 aromatic rings. The summed E-state index contributed by atoms with van der Waals surface area (Å²) in [6.45, 7) is 2.15. The van der Waals surface area contributed by atoms with Crippen molar-refractivity contribution < 1.29 is 15.0 Å². The molecule has 0 aromatic carbocycles. The van der Waals surface area contributed by atoms with Crippen molar-refractivity contribution in [3.05, 3.63) is 0 Å².